The van der Waals surface area contributed by atoms with Crippen LogP contribution in [-0.2, 0) is 6.51 Å². The zero-order valence-corrected chi connectivity index (χ0v) is 10.1. The van der Waals surface area contributed by atoms with Crippen LogP contribution in [0.3, 0.4) is 0 Å². The standard InChI is InChI=1S/2C5H5.C2H5Cl.Fe/c2*1-2-4-5-3-1;1-2-3;/h2*1-5H;2H2,1H3;. The quantitative estimate of drug-likeness (QED) is 0.435. The van der Waals surface area contributed by atoms with Crippen LogP contribution in [-0.4, -0.2) is 5.88 Å². The van der Waals surface area contributed by atoms with Gasteiger partial charge in [0.25, 0.3) is 0 Å². The molecule has 0 amide bonds. The molecule has 10 aliphatic heterocycles. The molecule has 0 aromatic carbocycles. The molecule has 10 heterocycles. The zero-order valence-electron chi connectivity index (χ0n) is 8.21. The summed E-state index contributed by atoms with van der Waals surface area (Å²) in [7, 11) is 0. The average molecular weight is 251 g/mol. The molecule has 0 aromatic heterocycles. The number of rotatable bonds is 0. The molecule has 0 radical (unpaired) electrons. The molecular formula is C12H15ClFe. The first-order chi connectivity index (χ1) is 6.57. The summed E-state index contributed by atoms with van der Waals surface area (Å²) in [6, 6.07) is 0. The molecule has 0 N–H and O–H groups in total. The third-order valence-corrected chi connectivity index (χ3v) is 56.5. The van der Waals surface area contributed by atoms with E-state index in [-0.39, 0.29) is 0 Å². The molecule has 78 valence electrons. The van der Waals surface area contributed by atoms with Crippen molar-refractivity contribution in [2.75, 3.05) is 5.88 Å². The molecule has 0 unspecified atom stereocenters. The van der Waals surface area contributed by atoms with Gasteiger partial charge in [0.1, 0.15) is 0 Å². The Morgan fingerprint density at radius 3 is 0.857 bits per heavy atom. The first kappa shape index (κ1) is 5.43. The number of halogens is 1. The van der Waals surface area contributed by atoms with E-state index in [1.807, 2.05) is 6.92 Å². The van der Waals surface area contributed by atoms with Gasteiger partial charge >= 0.3 is 54.7 Å². The van der Waals surface area contributed by atoms with Gasteiger partial charge in [0, 0.05) is 5.88 Å². The molecule has 10 saturated heterocycles. The van der Waals surface area contributed by atoms with Crippen LogP contribution in [0.4, 0.5) is 0 Å². The van der Waals surface area contributed by atoms with Gasteiger partial charge in [-0.1, -0.05) is 6.92 Å². The monoisotopic (exact) mass is 250 g/mol. The number of hydrogen-bond acceptors (Lipinski definition) is 0. The van der Waals surface area contributed by atoms with Crippen LogP contribution in [0.1, 0.15) is 6.92 Å². The maximum atomic E-state index is 5.00. The van der Waals surface area contributed by atoms with Gasteiger partial charge in [-0.15, -0.1) is 11.6 Å². The normalized spacial score (nSPS) is 136. The summed E-state index contributed by atoms with van der Waals surface area (Å²) in [5, 5.41) is 0. The van der Waals surface area contributed by atoms with Gasteiger partial charge < -0.3 is 0 Å². The van der Waals surface area contributed by atoms with E-state index >= 15 is 0 Å². The van der Waals surface area contributed by atoms with Gasteiger partial charge in [-0.2, -0.15) is 0 Å². The topological polar surface area (TPSA) is 0 Å². The molecule has 1 spiro atoms. The summed E-state index contributed by atoms with van der Waals surface area (Å²) in [6.45, 7) is -0.393. The van der Waals surface area contributed by atoms with Gasteiger partial charge in [-0.3, -0.25) is 0 Å². The fourth-order valence-corrected chi connectivity index (χ4v) is 88.0. The van der Waals surface area contributed by atoms with E-state index in [4.69, 9.17) is 11.6 Å². The average Bonchev–Trinajstić information content (AvgIpc) is 3.15. The number of alkyl halides is 1. The van der Waals surface area contributed by atoms with Crippen LogP contribution in [0, 0.1) is 0 Å². The molecule has 0 atom stereocenters. The second-order valence-corrected chi connectivity index (χ2v) is 34.3. The molecular weight excluding hydrogens is 235 g/mol. The van der Waals surface area contributed by atoms with Crippen molar-refractivity contribution < 1.29 is 6.51 Å². The summed E-state index contributed by atoms with van der Waals surface area (Å²) >= 11 is 5.00. The van der Waals surface area contributed by atoms with Crippen LogP contribution in [0.2, 0.25) is 48.2 Å². The van der Waals surface area contributed by atoms with Gasteiger partial charge in [0.2, 0.25) is 0 Å². The van der Waals surface area contributed by atoms with Crippen LogP contribution in [0.15, 0.2) is 0 Å². The van der Waals surface area contributed by atoms with Crippen molar-refractivity contribution in [3.8, 4) is 0 Å². The minimum absolute atomic E-state index is 0.722. The van der Waals surface area contributed by atoms with Crippen molar-refractivity contribution in [3.05, 3.63) is 0 Å². The van der Waals surface area contributed by atoms with Crippen molar-refractivity contribution in [1.29, 1.82) is 0 Å². The first-order valence-electron chi connectivity index (χ1n) is 6.35. The Balaban J connectivity index is 0.000000151. The Morgan fingerprint density at radius 2 is 0.857 bits per heavy atom. The van der Waals surface area contributed by atoms with Crippen molar-refractivity contribution in [2.24, 2.45) is 0 Å². The van der Waals surface area contributed by atoms with E-state index in [1.165, 1.54) is 0 Å². The van der Waals surface area contributed by atoms with E-state index in [2.05, 4.69) is 0 Å². The second-order valence-electron chi connectivity index (χ2n) is 9.85. The number of fused-ring (bicyclic) bond motifs is 10. The van der Waals surface area contributed by atoms with E-state index in [1.54, 1.807) is 48.2 Å². The second kappa shape index (κ2) is 0.384. The summed E-state index contributed by atoms with van der Waals surface area (Å²) < 4.78 is 0. The van der Waals surface area contributed by atoms with Crippen molar-refractivity contribution in [1.82, 2.24) is 0 Å². The van der Waals surface area contributed by atoms with E-state index in [0.29, 0.717) is 0 Å². The van der Waals surface area contributed by atoms with E-state index in [0.717, 1.165) is 5.88 Å². The predicted octanol–water partition coefficient (Wildman–Crippen LogP) is 4.62. The van der Waals surface area contributed by atoms with Gasteiger partial charge in [0.05, 0.1) is 0 Å². The molecule has 14 heavy (non-hydrogen) atoms. The molecule has 0 aromatic rings. The Hall–Kier alpha value is 0.809. The molecule has 10 rings (SSSR count). The molecule has 0 saturated carbocycles. The summed E-state index contributed by atoms with van der Waals surface area (Å²) in [6.07, 6.45) is 0. The van der Waals surface area contributed by atoms with Crippen LogP contribution >= 0.6 is 11.6 Å². The van der Waals surface area contributed by atoms with Crippen molar-refractivity contribution >= 4 is 11.6 Å². The summed E-state index contributed by atoms with van der Waals surface area (Å²) in [5.74, 6) is 0.722. The first-order valence-corrected chi connectivity index (χ1v) is 13.3. The Labute approximate surface area is 79.0 Å². The fraction of sp³-hybridized carbons (Fsp3) is 1.00. The van der Waals surface area contributed by atoms with Gasteiger partial charge in [0.15, 0.2) is 0 Å². The predicted molar refractivity (Wildman–Crippen MR) is 53.9 cm³/mol. The Bertz CT molecular complexity index is 593. The van der Waals surface area contributed by atoms with Gasteiger partial charge in [-0.05, 0) is 0 Å². The summed E-state index contributed by atoms with van der Waals surface area (Å²) in [5.41, 5.74) is 0. The maximum absolute atomic E-state index is 5.00. The molecule has 0 aliphatic carbocycles. The molecule has 10 fully saturated rings. The number of hydrogen-bond donors (Lipinski definition) is 0. The van der Waals surface area contributed by atoms with Crippen molar-refractivity contribution in [2.45, 2.75) is 55.1 Å². The van der Waals surface area contributed by atoms with Gasteiger partial charge in [-0.25, -0.2) is 0 Å². The third kappa shape index (κ3) is 0.0443. The molecule has 10 aliphatic rings. The zero-order chi connectivity index (χ0) is 8.80. The Kier molecular flexibility index (Phi) is 0.149. The minimum atomic E-state index is -2.28. The molecule has 0 bridgehead atoms. The van der Waals surface area contributed by atoms with E-state index < -0.39 is 6.51 Å². The summed E-state index contributed by atoms with van der Waals surface area (Å²) in [4.78, 5) is 15.9. The third-order valence-electron chi connectivity index (χ3n) is 14.5. The van der Waals surface area contributed by atoms with Crippen molar-refractivity contribution in [3.63, 3.8) is 0 Å². The van der Waals surface area contributed by atoms with Crippen LogP contribution in [0.25, 0.3) is 0 Å². The molecule has 0 nitrogen and oxygen atoms in total. The van der Waals surface area contributed by atoms with E-state index in [9.17, 15) is 0 Å². The van der Waals surface area contributed by atoms with Crippen LogP contribution < -0.4 is 0 Å². The SMILES string of the molecule is CCCl.[CH]12[CH]3[CH]4[CH]5[CH]1[Fe]23451678[CH]2[CH]1[CH]6[CH]7[CH]28. The fourth-order valence-electron chi connectivity index (χ4n) is 15.8. The molecule has 2 heteroatoms. The Morgan fingerprint density at radius 1 is 0.714 bits per heavy atom. The van der Waals surface area contributed by atoms with Crippen LogP contribution in [0.5, 0.6) is 0 Å².